The maximum atomic E-state index is 10.3. The Morgan fingerprint density at radius 3 is 2.39 bits per heavy atom. The minimum atomic E-state index is -0.743. The largest absolute Gasteiger partial charge is 0.481 e. The van der Waals surface area contributed by atoms with Gasteiger partial charge in [0.2, 0.25) is 0 Å². The van der Waals surface area contributed by atoms with Crippen LogP contribution in [-0.4, -0.2) is 22.3 Å². The molecule has 0 aliphatic rings. The number of aliphatic hydroxyl groups excluding tert-OH is 1. The van der Waals surface area contributed by atoms with Crippen LogP contribution < -0.4 is 0 Å². The number of rotatable bonds is 13. The Labute approximate surface area is 140 Å². The van der Waals surface area contributed by atoms with E-state index in [4.69, 9.17) is 5.11 Å². The third-order valence-electron chi connectivity index (χ3n) is 3.00. The Morgan fingerprint density at radius 1 is 0.957 bits per heavy atom. The lowest BCUT2D eigenvalue weighted by Crippen LogP contribution is -1.98. The molecule has 1 unspecified atom stereocenters. The number of allylic oxidation sites excluding steroid dienone is 8. The molecule has 0 aromatic carbocycles. The smallest absolute Gasteiger partial charge is 0.303 e. The minimum Gasteiger partial charge on any atom is -0.481 e. The summed E-state index contributed by atoms with van der Waals surface area (Å²) in [5.41, 5.74) is 0. The van der Waals surface area contributed by atoms with Crippen LogP contribution in [0.15, 0.2) is 60.8 Å². The standard InChI is InChI=1S/C20H30O3/c1-2-3-4-5-7-10-13-16-19(21)17-14-11-8-6-9-12-15-18-20(22)23/h3-4,6-7,9-11,13-14,16,19,21H,2,5,8,12,15,17-18H2,1H3,(H,22,23)/b4-3-,9-6-,10-7-,14-11-,16-13+. The average molecular weight is 318 g/mol. The second kappa shape index (κ2) is 16.5. The normalized spacial score (nSPS) is 14.2. The third-order valence-corrected chi connectivity index (χ3v) is 3.00. The summed E-state index contributed by atoms with van der Waals surface area (Å²) in [6.45, 7) is 2.11. The maximum Gasteiger partial charge on any atom is 0.303 e. The van der Waals surface area contributed by atoms with Gasteiger partial charge in [0.05, 0.1) is 6.10 Å². The van der Waals surface area contributed by atoms with Gasteiger partial charge in [-0.15, -0.1) is 0 Å². The molecule has 0 amide bonds. The molecule has 23 heavy (non-hydrogen) atoms. The number of aliphatic hydroxyl groups is 1. The van der Waals surface area contributed by atoms with Crippen LogP contribution in [0.25, 0.3) is 0 Å². The highest BCUT2D eigenvalue weighted by atomic mass is 16.4. The Hall–Kier alpha value is -1.87. The lowest BCUT2D eigenvalue weighted by molar-refractivity contribution is -0.137. The number of carbonyl (C=O) groups is 1. The van der Waals surface area contributed by atoms with E-state index in [1.165, 1.54) is 0 Å². The Kier molecular flexibility index (Phi) is 15.2. The molecule has 0 rings (SSSR count). The highest BCUT2D eigenvalue weighted by Crippen LogP contribution is 2.00. The molecule has 2 N–H and O–H groups in total. The molecule has 0 aliphatic heterocycles. The Balaban J connectivity index is 3.67. The summed E-state index contributed by atoms with van der Waals surface area (Å²) in [6.07, 6.45) is 24.6. The van der Waals surface area contributed by atoms with E-state index in [1.54, 1.807) is 6.08 Å². The van der Waals surface area contributed by atoms with Crippen molar-refractivity contribution in [1.29, 1.82) is 0 Å². The lowest BCUT2D eigenvalue weighted by atomic mass is 10.2. The zero-order valence-electron chi connectivity index (χ0n) is 14.1. The van der Waals surface area contributed by atoms with Crippen LogP contribution in [0.4, 0.5) is 0 Å². The molecule has 0 aromatic heterocycles. The predicted octanol–water partition coefficient (Wildman–Crippen LogP) is 4.96. The van der Waals surface area contributed by atoms with Crippen molar-refractivity contribution in [2.45, 2.75) is 58.0 Å². The fourth-order valence-corrected chi connectivity index (χ4v) is 1.77. The zero-order valence-corrected chi connectivity index (χ0v) is 14.1. The van der Waals surface area contributed by atoms with Gasteiger partial charge in [0.25, 0.3) is 0 Å². The molecule has 0 aromatic rings. The second-order valence-corrected chi connectivity index (χ2v) is 5.20. The van der Waals surface area contributed by atoms with Crippen molar-refractivity contribution < 1.29 is 15.0 Å². The van der Waals surface area contributed by atoms with E-state index in [1.807, 2.05) is 36.5 Å². The number of hydrogen-bond donors (Lipinski definition) is 2. The first-order valence-electron chi connectivity index (χ1n) is 8.35. The van der Waals surface area contributed by atoms with Gasteiger partial charge in [-0.25, -0.2) is 0 Å². The summed E-state index contributed by atoms with van der Waals surface area (Å²) in [4.78, 5) is 10.3. The summed E-state index contributed by atoms with van der Waals surface area (Å²) in [5, 5.41) is 18.2. The molecule has 0 heterocycles. The van der Waals surface area contributed by atoms with Crippen molar-refractivity contribution in [3.8, 4) is 0 Å². The summed E-state index contributed by atoms with van der Waals surface area (Å²) < 4.78 is 0. The summed E-state index contributed by atoms with van der Waals surface area (Å²) in [5.74, 6) is -0.743. The van der Waals surface area contributed by atoms with E-state index in [-0.39, 0.29) is 6.42 Å². The van der Waals surface area contributed by atoms with E-state index >= 15 is 0 Å². The first-order valence-corrected chi connectivity index (χ1v) is 8.35. The number of carboxylic acids is 1. The number of hydrogen-bond acceptors (Lipinski definition) is 2. The molecule has 128 valence electrons. The van der Waals surface area contributed by atoms with Gasteiger partial charge in [-0.2, -0.15) is 0 Å². The minimum absolute atomic E-state index is 0.224. The molecule has 0 bridgehead atoms. The zero-order chi connectivity index (χ0) is 17.2. The molecular formula is C20H30O3. The van der Waals surface area contributed by atoms with E-state index in [9.17, 15) is 9.90 Å². The summed E-state index contributed by atoms with van der Waals surface area (Å²) >= 11 is 0. The monoisotopic (exact) mass is 318 g/mol. The molecule has 0 radical (unpaired) electrons. The van der Waals surface area contributed by atoms with Gasteiger partial charge in [0.15, 0.2) is 0 Å². The molecule has 0 aliphatic carbocycles. The van der Waals surface area contributed by atoms with Crippen LogP contribution in [0.2, 0.25) is 0 Å². The Morgan fingerprint density at radius 2 is 1.65 bits per heavy atom. The maximum absolute atomic E-state index is 10.3. The molecule has 0 saturated heterocycles. The van der Waals surface area contributed by atoms with Crippen molar-refractivity contribution in [2.24, 2.45) is 0 Å². The quantitative estimate of drug-likeness (QED) is 0.286. The van der Waals surface area contributed by atoms with E-state index in [0.29, 0.717) is 12.8 Å². The van der Waals surface area contributed by atoms with Crippen LogP contribution in [0.5, 0.6) is 0 Å². The van der Waals surface area contributed by atoms with E-state index < -0.39 is 12.1 Å². The van der Waals surface area contributed by atoms with Crippen LogP contribution >= 0.6 is 0 Å². The fraction of sp³-hybridized carbons (Fsp3) is 0.450. The fourth-order valence-electron chi connectivity index (χ4n) is 1.77. The third kappa shape index (κ3) is 18.1. The number of aliphatic carboxylic acids is 1. The molecule has 1 atom stereocenters. The molecule has 3 heteroatoms. The van der Waals surface area contributed by atoms with Gasteiger partial charge >= 0.3 is 5.97 Å². The van der Waals surface area contributed by atoms with Crippen LogP contribution in [-0.2, 0) is 4.79 Å². The number of carboxylic acid groups (broad SMARTS) is 1. The first-order chi connectivity index (χ1) is 11.2. The predicted molar refractivity (Wildman–Crippen MR) is 97.3 cm³/mol. The molecule has 3 nitrogen and oxygen atoms in total. The van der Waals surface area contributed by atoms with Crippen molar-refractivity contribution >= 4 is 5.97 Å². The highest BCUT2D eigenvalue weighted by Gasteiger charge is 1.93. The molecule has 0 saturated carbocycles. The SMILES string of the molecule is CC/C=C\C/C=C\C=C\C(O)C/C=C\C/C=C\CCCC(=O)O. The van der Waals surface area contributed by atoms with Crippen molar-refractivity contribution in [2.75, 3.05) is 0 Å². The Bertz CT molecular complexity index is 428. The lowest BCUT2D eigenvalue weighted by Gasteiger charge is -1.98. The van der Waals surface area contributed by atoms with Crippen molar-refractivity contribution in [3.05, 3.63) is 60.8 Å². The summed E-state index contributed by atoms with van der Waals surface area (Å²) in [7, 11) is 0. The van der Waals surface area contributed by atoms with Crippen LogP contribution in [0, 0.1) is 0 Å². The average Bonchev–Trinajstić information content (AvgIpc) is 2.52. The molecule has 0 spiro atoms. The van der Waals surface area contributed by atoms with Gasteiger partial charge in [-0.3, -0.25) is 4.79 Å². The molecular weight excluding hydrogens is 288 g/mol. The van der Waals surface area contributed by atoms with Crippen molar-refractivity contribution in [3.63, 3.8) is 0 Å². The van der Waals surface area contributed by atoms with Crippen LogP contribution in [0.1, 0.15) is 51.9 Å². The van der Waals surface area contributed by atoms with Gasteiger partial charge < -0.3 is 10.2 Å². The van der Waals surface area contributed by atoms with E-state index in [2.05, 4.69) is 25.2 Å². The highest BCUT2D eigenvalue weighted by molar-refractivity contribution is 5.66. The molecule has 0 fully saturated rings. The van der Waals surface area contributed by atoms with Gasteiger partial charge in [-0.1, -0.05) is 67.7 Å². The van der Waals surface area contributed by atoms with Gasteiger partial charge in [0, 0.05) is 6.42 Å². The first kappa shape index (κ1) is 21.1. The topological polar surface area (TPSA) is 57.5 Å². The summed E-state index contributed by atoms with van der Waals surface area (Å²) in [6, 6.07) is 0. The van der Waals surface area contributed by atoms with Gasteiger partial charge in [-0.05, 0) is 38.5 Å². The van der Waals surface area contributed by atoms with Crippen LogP contribution in [0.3, 0.4) is 0 Å². The second-order valence-electron chi connectivity index (χ2n) is 5.20. The van der Waals surface area contributed by atoms with Crippen molar-refractivity contribution in [1.82, 2.24) is 0 Å². The van der Waals surface area contributed by atoms with Gasteiger partial charge in [0.1, 0.15) is 0 Å². The number of unbranched alkanes of at least 4 members (excludes halogenated alkanes) is 1. The van der Waals surface area contributed by atoms with E-state index in [0.717, 1.165) is 25.7 Å².